The fraction of sp³-hybridized carbons (Fsp3) is 0.778. The quantitative estimate of drug-likeness (QED) is 0.510. The first-order chi connectivity index (χ1) is 6.65. The van der Waals surface area contributed by atoms with Gasteiger partial charge < -0.3 is 14.9 Å². The Bertz CT molecular complexity index is 225. The molecule has 0 bridgehead atoms. The van der Waals surface area contributed by atoms with Crippen LogP contribution in [-0.2, 0) is 14.3 Å². The number of carbonyl (C=O) groups is 2. The van der Waals surface area contributed by atoms with Gasteiger partial charge in [-0.15, -0.1) is 0 Å². The highest BCUT2D eigenvalue weighted by atomic mass is 16.6. The fourth-order valence-electron chi connectivity index (χ4n) is 1.81. The second-order valence-electron chi connectivity index (χ2n) is 3.49. The second-order valence-corrected chi connectivity index (χ2v) is 3.49. The summed E-state index contributed by atoms with van der Waals surface area (Å²) in [6, 6.07) is 0. The third kappa shape index (κ3) is 2.70. The van der Waals surface area contributed by atoms with E-state index in [0.717, 1.165) is 6.42 Å². The second kappa shape index (κ2) is 4.95. The van der Waals surface area contributed by atoms with Gasteiger partial charge in [-0.2, -0.15) is 0 Å². The number of aliphatic carboxylic acids is 1. The Morgan fingerprint density at radius 2 is 1.93 bits per heavy atom. The van der Waals surface area contributed by atoms with Crippen LogP contribution in [0, 0.1) is 11.8 Å². The summed E-state index contributed by atoms with van der Waals surface area (Å²) >= 11 is 0. The van der Waals surface area contributed by atoms with Crippen LogP contribution in [0.5, 0.6) is 0 Å². The average molecular weight is 202 g/mol. The van der Waals surface area contributed by atoms with Gasteiger partial charge in [-0.25, -0.2) is 0 Å². The van der Waals surface area contributed by atoms with Crippen LogP contribution in [0.1, 0.15) is 25.7 Å². The fourth-order valence-corrected chi connectivity index (χ4v) is 1.81. The lowest BCUT2D eigenvalue weighted by atomic mass is 9.81. The summed E-state index contributed by atoms with van der Waals surface area (Å²) in [5.74, 6) is -2.15. The number of carboxylic acid groups (broad SMARTS) is 1. The number of carboxylic acids is 1. The van der Waals surface area contributed by atoms with E-state index in [1.165, 1.54) is 0 Å². The zero-order chi connectivity index (χ0) is 10.6. The molecule has 5 nitrogen and oxygen atoms in total. The molecule has 2 unspecified atom stereocenters. The Labute approximate surface area is 81.7 Å². The first-order valence-electron chi connectivity index (χ1n) is 4.65. The molecule has 2 N–H and O–H groups in total. The van der Waals surface area contributed by atoms with Crippen molar-refractivity contribution in [2.45, 2.75) is 25.7 Å². The van der Waals surface area contributed by atoms with Crippen molar-refractivity contribution in [2.75, 3.05) is 6.79 Å². The normalized spacial score (nSPS) is 26.9. The molecule has 0 saturated heterocycles. The molecule has 5 heteroatoms. The van der Waals surface area contributed by atoms with Gasteiger partial charge in [0.1, 0.15) is 0 Å². The number of aliphatic hydroxyl groups is 1. The van der Waals surface area contributed by atoms with Gasteiger partial charge >= 0.3 is 11.9 Å². The lowest BCUT2D eigenvalue weighted by Crippen LogP contribution is -2.28. The number of ether oxygens (including phenoxy) is 1. The number of aliphatic hydroxyl groups excluding tert-OH is 1. The zero-order valence-electron chi connectivity index (χ0n) is 7.81. The molecule has 14 heavy (non-hydrogen) atoms. The van der Waals surface area contributed by atoms with E-state index in [1.807, 2.05) is 0 Å². The van der Waals surface area contributed by atoms with Crippen molar-refractivity contribution < 1.29 is 24.5 Å². The van der Waals surface area contributed by atoms with E-state index in [2.05, 4.69) is 4.74 Å². The minimum atomic E-state index is -0.855. The average Bonchev–Trinajstić information content (AvgIpc) is 2.18. The third-order valence-corrected chi connectivity index (χ3v) is 2.56. The maximum atomic E-state index is 11.2. The topological polar surface area (TPSA) is 83.8 Å². The molecule has 0 radical (unpaired) electrons. The van der Waals surface area contributed by atoms with E-state index >= 15 is 0 Å². The van der Waals surface area contributed by atoms with Crippen LogP contribution in [-0.4, -0.2) is 28.9 Å². The molecule has 0 aromatic rings. The summed E-state index contributed by atoms with van der Waals surface area (Å²) in [6.07, 6.45) is 2.33. The number of hydrogen-bond acceptors (Lipinski definition) is 4. The maximum Gasteiger partial charge on any atom is 0.311 e. The first-order valence-corrected chi connectivity index (χ1v) is 4.65. The monoisotopic (exact) mass is 202 g/mol. The molecule has 1 fully saturated rings. The Kier molecular flexibility index (Phi) is 3.88. The van der Waals surface area contributed by atoms with Crippen LogP contribution < -0.4 is 0 Å². The van der Waals surface area contributed by atoms with E-state index in [-0.39, 0.29) is 5.92 Å². The molecular formula is C9H14O5. The molecule has 1 rings (SSSR count). The Morgan fingerprint density at radius 3 is 2.50 bits per heavy atom. The molecular weight excluding hydrogens is 188 g/mol. The van der Waals surface area contributed by atoms with Crippen molar-refractivity contribution in [2.24, 2.45) is 11.8 Å². The molecule has 0 aromatic carbocycles. The maximum absolute atomic E-state index is 11.2. The Morgan fingerprint density at radius 1 is 1.29 bits per heavy atom. The van der Waals surface area contributed by atoms with Crippen LogP contribution >= 0.6 is 0 Å². The van der Waals surface area contributed by atoms with Gasteiger partial charge in [-0.05, 0) is 19.3 Å². The summed E-state index contributed by atoms with van der Waals surface area (Å²) in [5.41, 5.74) is 0. The molecule has 2 atom stereocenters. The molecule has 1 aliphatic carbocycles. The SMILES string of the molecule is O=C(O)C1CCCC(C(=O)OCO)C1. The smallest absolute Gasteiger partial charge is 0.311 e. The van der Waals surface area contributed by atoms with E-state index in [0.29, 0.717) is 19.3 Å². The van der Waals surface area contributed by atoms with Gasteiger partial charge in [0.2, 0.25) is 0 Å². The highest BCUT2D eigenvalue weighted by Gasteiger charge is 2.31. The lowest BCUT2D eigenvalue weighted by molar-refractivity contribution is -0.159. The van der Waals surface area contributed by atoms with E-state index in [4.69, 9.17) is 10.2 Å². The van der Waals surface area contributed by atoms with E-state index in [1.54, 1.807) is 0 Å². The van der Waals surface area contributed by atoms with Crippen molar-refractivity contribution >= 4 is 11.9 Å². The molecule has 1 aliphatic rings. The van der Waals surface area contributed by atoms with Crippen molar-refractivity contribution in [3.05, 3.63) is 0 Å². The predicted octanol–water partition coefficient (Wildman–Crippen LogP) is 0.370. The Hall–Kier alpha value is -1.10. The predicted molar refractivity (Wildman–Crippen MR) is 46.3 cm³/mol. The highest BCUT2D eigenvalue weighted by molar-refractivity contribution is 5.75. The zero-order valence-corrected chi connectivity index (χ0v) is 7.81. The molecule has 0 aromatic heterocycles. The van der Waals surface area contributed by atoms with Crippen LogP contribution in [0.2, 0.25) is 0 Å². The van der Waals surface area contributed by atoms with Crippen LogP contribution in [0.3, 0.4) is 0 Å². The van der Waals surface area contributed by atoms with Gasteiger partial charge in [-0.3, -0.25) is 9.59 Å². The van der Waals surface area contributed by atoms with Crippen LogP contribution in [0.25, 0.3) is 0 Å². The van der Waals surface area contributed by atoms with Crippen molar-refractivity contribution in [1.29, 1.82) is 0 Å². The number of esters is 1. The summed E-state index contributed by atoms with van der Waals surface area (Å²) in [5, 5.41) is 17.1. The summed E-state index contributed by atoms with van der Waals surface area (Å²) in [6.45, 7) is -0.632. The molecule has 0 amide bonds. The third-order valence-electron chi connectivity index (χ3n) is 2.56. The summed E-state index contributed by atoms with van der Waals surface area (Å²) in [7, 11) is 0. The minimum Gasteiger partial charge on any atom is -0.481 e. The standard InChI is InChI=1S/C9H14O5/c10-5-14-9(13)7-3-1-2-6(4-7)8(11)12/h6-7,10H,1-5H2,(H,11,12). The summed E-state index contributed by atoms with van der Waals surface area (Å²) < 4.78 is 4.43. The van der Waals surface area contributed by atoms with Gasteiger partial charge in [0.05, 0.1) is 11.8 Å². The highest BCUT2D eigenvalue weighted by Crippen LogP contribution is 2.29. The van der Waals surface area contributed by atoms with Crippen LogP contribution in [0.4, 0.5) is 0 Å². The largest absolute Gasteiger partial charge is 0.481 e. The van der Waals surface area contributed by atoms with E-state index in [9.17, 15) is 9.59 Å². The minimum absolute atomic E-state index is 0.328. The van der Waals surface area contributed by atoms with Gasteiger partial charge in [0.15, 0.2) is 6.79 Å². The van der Waals surface area contributed by atoms with Crippen molar-refractivity contribution in [3.8, 4) is 0 Å². The number of carbonyl (C=O) groups excluding carboxylic acids is 1. The molecule has 1 saturated carbocycles. The summed E-state index contributed by atoms with van der Waals surface area (Å²) in [4.78, 5) is 21.9. The molecule has 0 spiro atoms. The molecule has 0 aliphatic heterocycles. The van der Waals surface area contributed by atoms with Gasteiger partial charge in [0.25, 0.3) is 0 Å². The first kappa shape index (κ1) is 11.0. The van der Waals surface area contributed by atoms with Crippen LogP contribution in [0.15, 0.2) is 0 Å². The lowest BCUT2D eigenvalue weighted by Gasteiger charge is -2.24. The number of hydrogen-bond donors (Lipinski definition) is 2. The van der Waals surface area contributed by atoms with Gasteiger partial charge in [-0.1, -0.05) is 6.42 Å². The van der Waals surface area contributed by atoms with Crippen molar-refractivity contribution in [3.63, 3.8) is 0 Å². The Balaban J connectivity index is 2.47. The molecule has 0 heterocycles. The van der Waals surface area contributed by atoms with Gasteiger partial charge in [0, 0.05) is 0 Å². The molecule has 80 valence electrons. The number of rotatable bonds is 3. The van der Waals surface area contributed by atoms with E-state index < -0.39 is 24.6 Å². The van der Waals surface area contributed by atoms with Crippen molar-refractivity contribution in [1.82, 2.24) is 0 Å².